The number of carbonyl (C=O) groups excluding carboxylic acids is 1. The van der Waals surface area contributed by atoms with Gasteiger partial charge in [-0.05, 0) is 63.0 Å². The third-order valence-corrected chi connectivity index (χ3v) is 5.85. The van der Waals surface area contributed by atoms with Crippen molar-refractivity contribution in [3.8, 4) is 0 Å². The predicted molar refractivity (Wildman–Crippen MR) is 98.1 cm³/mol. The number of piperidine rings is 2. The lowest BCUT2D eigenvalue weighted by Crippen LogP contribution is -2.53. The topological polar surface area (TPSA) is 41.4 Å². The molecule has 2 aliphatic heterocycles. The van der Waals surface area contributed by atoms with Gasteiger partial charge >= 0.3 is 0 Å². The van der Waals surface area contributed by atoms with Crippen LogP contribution in [-0.2, 0) is 18.4 Å². The van der Waals surface area contributed by atoms with Crippen molar-refractivity contribution in [1.82, 2.24) is 14.7 Å². The van der Waals surface area contributed by atoms with Gasteiger partial charge in [-0.1, -0.05) is 0 Å². The molecule has 0 saturated carbocycles. The maximum Gasteiger partial charge on any atom is 0.233 e. The summed E-state index contributed by atoms with van der Waals surface area (Å²) in [7, 11) is 1.93. The summed E-state index contributed by atoms with van der Waals surface area (Å²) in [6.45, 7) is 3.47. The zero-order valence-electron chi connectivity index (χ0n) is 15.2. The van der Waals surface area contributed by atoms with E-state index < -0.39 is 0 Å². The average molecular weight is 356 g/mol. The summed E-state index contributed by atoms with van der Waals surface area (Å²) in [5, 5.41) is 4.23. The molecule has 0 aliphatic carbocycles. The van der Waals surface area contributed by atoms with Gasteiger partial charge in [0.2, 0.25) is 5.91 Å². The molecule has 0 unspecified atom stereocenters. The highest BCUT2D eigenvalue weighted by Crippen LogP contribution is 2.42. The second kappa shape index (κ2) is 6.83. The molecule has 4 rings (SSSR count). The average Bonchev–Trinajstić information content (AvgIpc) is 3.05. The molecule has 6 heteroatoms. The maximum atomic E-state index is 13.3. The van der Waals surface area contributed by atoms with Crippen LogP contribution in [0.2, 0.25) is 0 Å². The fourth-order valence-electron chi connectivity index (χ4n) is 4.35. The zero-order valence-corrected chi connectivity index (χ0v) is 15.2. The number of aryl methyl sites for hydroxylation is 1. The first kappa shape index (κ1) is 17.2. The van der Waals surface area contributed by atoms with E-state index in [4.69, 9.17) is 0 Å². The number of likely N-dealkylation sites (tertiary alicyclic amines) is 1. The molecule has 1 spiro atoms. The Morgan fingerprint density at radius 2 is 1.85 bits per heavy atom. The Labute approximate surface area is 153 Å². The van der Waals surface area contributed by atoms with Gasteiger partial charge in [0.05, 0.1) is 11.6 Å². The fourth-order valence-corrected chi connectivity index (χ4v) is 4.35. The Balaban J connectivity index is 1.43. The fraction of sp³-hybridized carbons (Fsp3) is 0.500. The molecule has 0 atom stereocenters. The van der Waals surface area contributed by atoms with Gasteiger partial charge in [-0.15, -0.1) is 0 Å². The van der Waals surface area contributed by atoms with Gasteiger partial charge in [0.1, 0.15) is 5.82 Å². The van der Waals surface area contributed by atoms with E-state index in [1.54, 1.807) is 12.1 Å². The summed E-state index contributed by atoms with van der Waals surface area (Å²) in [4.78, 5) is 17.5. The maximum absolute atomic E-state index is 13.3. The molecular weight excluding hydrogens is 331 g/mol. The predicted octanol–water partition coefficient (Wildman–Crippen LogP) is 2.97. The molecule has 5 nitrogen and oxygen atoms in total. The normalized spacial score (nSPS) is 20.7. The lowest BCUT2D eigenvalue weighted by Gasteiger charge is -2.46. The molecule has 26 heavy (non-hydrogen) atoms. The number of anilines is 1. The number of amides is 1. The minimum absolute atomic E-state index is 0.219. The molecule has 1 aromatic carbocycles. The lowest BCUT2D eigenvalue weighted by atomic mass is 9.71. The van der Waals surface area contributed by atoms with Gasteiger partial charge in [-0.25, -0.2) is 4.39 Å². The number of benzene rings is 1. The van der Waals surface area contributed by atoms with E-state index in [9.17, 15) is 9.18 Å². The highest BCUT2D eigenvalue weighted by Gasteiger charge is 2.45. The van der Waals surface area contributed by atoms with Crippen LogP contribution in [0.25, 0.3) is 0 Å². The van der Waals surface area contributed by atoms with Crippen LogP contribution in [0.15, 0.2) is 36.7 Å². The van der Waals surface area contributed by atoms with Gasteiger partial charge in [-0.3, -0.25) is 14.4 Å². The van der Waals surface area contributed by atoms with Crippen molar-refractivity contribution >= 4 is 11.6 Å². The summed E-state index contributed by atoms with van der Waals surface area (Å²) in [5.74, 6) is -0.0481. The third-order valence-electron chi connectivity index (χ3n) is 5.85. The SMILES string of the molecule is Cn1cc(CN2CCC3(CCCN(c4ccc(F)cc4)C3=O)CC2)cn1. The van der Waals surface area contributed by atoms with Crippen LogP contribution in [0.1, 0.15) is 31.2 Å². The first-order chi connectivity index (χ1) is 12.6. The molecular formula is C20H25FN4O. The van der Waals surface area contributed by atoms with Crippen molar-refractivity contribution in [2.45, 2.75) is 32.2 Å². The quantitative estimate of drug-likeness (QED) is 0.849. The smallest absolute Gasteiger partial charge is 0.233 e. The van der Waals surface area contributed by atoms with Crippen molar-refractivity contribution in [2.75, 3.05) is 24.5 Å². The van der Waals surface area contributed by atoms with Crippen LogP contribution >= 0.6 is 0 Å². The van der Waals surface area contributed by atoms with Crippen LogP contribution in [0.4, 0.5) is 10.1 Å². The minimum atomic E-state index is -0.267. The van der Waals surface area contributed by atoms with Gasteiger partial charge < -0.3 is 4.90 Å². The number of aromatic nitrogens is 2. The van der Waals surface area contributed by atoms with E-state index in [-0.39, 0.29) is 17.1 Å². The monoisotopic (exact) mass is 356 g/mol. The molecule has 138 valence electrons. The second-order valence-corrected chi connectivity index (χ2v) is 7.62. The molecule has 0 bridgehead atoms. The minimum Gasteiger partial charge on any atom is -0.312 e. The van der Waals surface area contributed by atoms with Crippen molar-refractivity contribution in [2.24, 2.45) is 12.5 Å². The molecule has 2 aliphatic rings. The standard InChI is InChI=1S/C20H25FN4O/c1-23-14-16(13-22-23)15-24-11-8-20(9-12-24)7-2-10-25(19(20)26)18-5-3-17(21)4-6-18/h3-6,13-14H,2,7-12,15H2,1H3. The van der Waals surface area contributed by atoms with Crippen LogP contribution in [-0.4, -0.2) is 40.2 Å². The third kappa shape index (κ3) is 3.26. The van der Waals surface area contributed by atoms with E-state index in [2.05, 4.69) is 10.00 Å². The molecule has 2 fully saturated rings. The Morgan fingerprint density at radius 1 is 1.12 bits per heavy atom. The summed E-state index contributed by atoms with van der Waals surface area (Å²) in [6.07, 6.45) is 7.71. The molecule has 1 aromatic heterocycles. The second-order valence-electron chi connectivity index (χ2n) is 7.62. The molecule has 0 radical (unpaired) electrons. The number of rotatable bonds is 3. The van der Waals surface area contributed by atoms with Gasteiger partial charge in [0.15, 0.2) is 0 Å². The van der Waals surface area contributed by atoms with Crippen molar-refractivity contribution in [3.63, 3.8) is 0 Å². The van der Waals surface area contributed by atoms with Crippen molar-refractivity contribution in [3.05, 3.63) is 48.0 Å². The van der Waals surface area contributed by atoms with Crippen LogP contribution in [0.3, 0.4) is 0 Å². The van der Waals surface area contributed by atoms with E-state index in [1.165, 1.54) is 17.7 Å². The van der Waals surface area contributed by atoms with Gasteiger partial charge in [-0.2, -0.15) is 5.10 Å². The van der Waals surface area contributed by atoms with E-state index in [1.807, 2.05) is 29.0 Å². The largest absolute Gasteiger partial charge is 0.312 e. The Kier molecular flexibility index (Phi) is 4.53. The number of hydrogen-bond donors (Lipinski definition) is 0. The number of halogens is 1. The van der Waals surface area contributed by atoms with Crippen LogP contribution < -0.4 is 4.90 Å². The summed E-state index contributed by atoms with van der Waals surface area (Å²) >= 11 is 0. The highest BCUT2D eigenvalue weighted by molar-refractivity contribution is 5.98. The van der Waals surface area contributed by atoms with E-state index in [0.29, 0.717) is 0 Å². The number of carbonyl (C=O) groups is 1. The first-order valence-corrected chi connectivity index (χ1v) is 9.33. The summed E-state index contributed by atoms with van der Waals surface area (Å²) in [6, 6.07) is 6.29. The van der Waals surface area contributed by atoms with E-state index in [0.717, 1.165) is 57.5 Å². The highest BCUT2D eigenvalue weighted by atomic mass is 19.1. The molecule has 2 aromatic rings. The summed E-state index contributed by atoms with van der Waals surface area (Å²) < 4.78 is 15.0. The van der Waals surface area contributed by atoms with Gasteiger partial charge in [0, 0.05) is 37.6 Å². The number of nitrogens with zero attached hydrogens (tertiary/aromatic N) is 4. The van der Waals surface area contributed by atoms with Crippen LogP contribution in [0.5, 0.6) is 0 Å². The van der Waals surface area contributed by atoms with Crippen molar-refractivity contribution in [1.29, 1.82) is 0 Å². The number of hydrogen-bond acceptors (Lipinski definition) is 3. The summed E-state index contributed by atoms with van der Waals surface area (Å²) in [5.41, 5.74) is 1.78. The molecule has 0 N–H and O–H groups in total. The Hall–Kier alpha value is -2.21. The Bertz CT molecular complexity index is 777. The molecule has 2 saturated heterocycles. The lowest BCUT2D eigenvalue weighted by molar-refractivity contribution is -0.133. The zero-order chi connectivity index (χ0) is 18.1. The first-order valence-electron chi connectivity index (χ1n) is 9.33. The Morgan fingerprint density at radius 3 is 2.50 bits per heavy atom. The molecule has 3 heterocycles. The van der Waals surface area contributed by atoms with E-state index >= 15 is 0 Å². The van der Waals surface area contributed by atoms with Crippen LogP contribution in [0, 0.1) is 11.2 Å². The molecule has 1 amide bonds. The van der Waals surface area contributed by atoms with Crippen molar-refractivity contribution < 1.29 is 9.18 Å². The van der Waals surface area contributed by atoms with Gasteiger partial charge in [0.25, 0.3) is 0 Å².